The first-order valence-corrected chi connectivity index (χ1v) is 7.63. The maximum atomic E-state index is 10.2. The molecule has 2 N–H and O–H groups in total. The Bertz CT molecular complexity index is 852. The second kappa shape index (κ2) is 6.95. The number of phenols is 2. The fraction of sp³-hybridized carbons (Fsp3) is 0.167. The van der Waals surface area contributed by atoms with E-state index in [1.54, 1.807) is 42.5 Å². The van der Waals surface area contributed by atoms with Gasteiger partial charge in [-0.25, -0.2) is 15.0 Å². The summed E-state index contributed by atoms with van der Waals surface area (Å²) < 4.78 is 5.68. The first kappa shape index (κ1) is 15.7. The summed E-state index contributed by atoms with van der Waals surface area (Å²) in [4.78, 5) is 12.6. The highest BCUT2D eigenvalue weighted by Gasteiger charge is 2.16. The van der Waals surface area contributed by atoms with Gasteiger partial charge >= 0.3 is 0 Å². The molecule has 0 fully saturated rings. The fourth-order valence-electron chi connectivity index (χ4n) is 2.29. The zero-order valence-electron chi connectivity index (χ0n) is 13.2. The van der Waals surface area contributed by atoms with Crippen molar-refractivity contribution in [3.8, 4) is 40.0 Å². The standard InChI is InChI=1S/C18H17N3O3/c1-2-10-24-15-9-5-8-14(23)16(15)18-20-11-19-17(21-18)12-6-3-4-7-13(12)22/h3-9,11,22-23H,2,10H2,1H3. The van der Waals surface area contributed by atoms with Gasteiger partial charge in [0.1, 0.15) is 29.1 Å². The lowest BCUT2D eigenvalue weighted by atomic mass is 10.1. The van der Waals surface area contributed by atoms with Gasteiger partial charge in [-0.15, -0.1) is 0 Å². The Kier molecular flexibility index (Phi) is 4.56. The third-order valence-corrected chi connectivity index (χ3v) is 3.41. The van der Waals surface area contributed by atoms with Crippen molar-refractivity contribution in [3.63, 3.8) is 0 Å². The number of aromatic nitrogens is 3. The number of para-hydroxylation sites is 1. The average molecular weight is 323 g/mol. The van der Waals surface area contributed by atoms with Gasteiger partial charge in [0.25, 0.3) is 0 Å². The third-order valence-electron chi connectivity index (χ3n) is 3.41. The molecule has 122 valence electrons. The molecule has 0 saturated carbocycles. The first-order chi connectivity index (χ1) is 11.7. The molecule has 3 aromatic rings. The highest BCUT2D eigenvalue weighted by Crippen LogP contribution is 2.36. The van der Waals surface area contributed by atoms with Crippen molar-refractivity contribution in [1.29, 1.82) is 0 Å². The molecule has 0 atom stereocenters. The minimum Gasteiger partial charge on any atom is -0.507 e. The molecule has 6 heteroatoms. The molecule has 1 aromatic heterocycles. The highest BCUT2D eigenvalue weighted by atomic mass is 16.5. The van der Waals surface area contributed by atoms with E-state index in [4.69, 9.17) is 4.74 Å². The summed E-state index contributed by atoms with van der Waals surface area (Å²) in [6, 6.07) is 11.8. The lowest BCUT2D eigenvalue weighted by Crippen LogP contribution is -2.00. The van der Waals surface area contributed by atoms with Crippen LogP contribution in [0.2, 0.25) is 0 Å². The topological polar surface area (TPSA) is 88.4 Å². The van der Waals surface area contributed by atoms with E-state index in [1.807, 2.05) is 6.92 Å². The predicted octanol–water partition coefficient (Wildman–Crippen LogP) is 3.41. The van der Waals surface area contributed by atoms with Crippen molar-refractivity contribution >= 4 is 0 Å². The van der Waals surface area contributed by atoms with Crippen molar-refractivity contribution in [1.82, 2.24) is 15.0 Å². The zero-order valence-corrected chi connectivity index (χ0v) is 13.2. The molecule has 0 aliphatic heterocycles. The van der Waals surface area contributed by atoms with Crippen LogP contribution in [0.15, 0.2) is 48.8 Å². The molecule has 2 aromatic carbocycles. The smallest absolute Gasteiger partial charge is 0.170 e. The van der Waals surface area contributed by atoms with Crippen molar-refractivity contribution in [3.05, 3.63) is 48.8 Å². The summed E-state index contributed by atoms with van der Waals surface area (Å²) in [6.07, 6.45) is 2.19. The van der Waals surface area contributed by atoms with Gasteiger partial charge in [-0.05, 0) is 30.7 Å². The van der Waals surface area contributed by atoms with Crippen molar-refractivity contribution in [2.24, 2.45) is 0 Å². The lowest BCUT2D eigenvalue weighted by Gasteiger charge is -2.12. The van der Waals surface area contributed by atoms with Crippen LogP contribution in [0, 0.1) is 0 Å². The molecule has 0 aliphatic carbocycles. The number of ether oxygens (including phenoxy) is 1. The summed E-state index contributed by atoms with van der Waals surface area (Å²) in [6.45, 7) is 2.52. The van der Waals surface area contributed by atoms with Gasteiger partial charge in [0.15, 0.2) is 11.6 Å². The Labute approximate surface area is 139 Å². The molecule has 0 bridgehead atoms. The molecule has 0 spiro atoms. The van der Waals surface area contributed by atoms with E-state index >= 15 is 0 Å². The van der Waals surface area contributed by atoms with Crippen LogP contribution in [0.4, 0.5) is 0 Å². The van der Waals surface area contributed by atoms with Crippen molar-refractivity contribution in [2.45, 2.75) is 13.3 Å². The van der Waals surface area contributed by atoms with Gasteiger partial charge in [-0.3, -0.25) is 0 Å². The molecular formula is C18H17N3O3. The number of aromatic hydroxyl groups is 2. The minimum atomic E-state index is 0.0260. The van der Waals surface area contributed by atoms with Gasteiger partial charge < -0.3 is 14.9 Å². The van der Waals surface area contributed by atoms with Crippen LogP contribution >= 0.6 is 0 Å². The summed E-state index contributed by atoms with van der Waals surface area (Å²) in [7, 11) is 0. The third kappa shape index (κ3) is 3.12. The number of hydrogen-bond donors (Lipinski definition) is 2. The van der Waals surface area contributed by atoms with Gasteiger partial charge in [-0.2, -0.15) is 0 Å². The molecule has 6 nitrogen and oxygen atoms in total. The molecule has 0 saturated heterocycles. The lowest BCUT2D eigenvalue weighted by molar-refractivity contribution is 0.317. The average Bonchev–Trinajstić information content (AvgIpc) is 2.60. The Balaban J connectivity index is 2.09. The second-order valence-electron chi connectivity index (χ2n) is 5.15. The zero-order chi connectivity index (χ0) is 16.9. The number of nitrogens with zero attached hydrogens (tertiary/aromatic N) is 3. The van der Waals surface area contributed by atoms with E-state index in [9.17, 15) is 10.2 Å². The maximum absolute atomic E-state index is 10.2. The summed E-state index contributed by atoms with van der Waals surface area (Å²) >= 11 is 0. The Morgan fingerprint density at radius 3 is 2.46 bits per heavy atom. The summed E-state index contributed by atoms with van der Waals surface area (Å²) in [5, 5.41) is 20.2. The van der Waals surface area contributed by atoms with E-state index in [0.717, 1.165) is 6.42 Å². The first-order valence-electron chi connectivity index (χ1n) is 7.63. The Hall–Kier alpha value is -3.15. The van der Waals surface area contributed by atoms with E-state index in [-0.39, 0.29) is 17.3 Å². The molecule has 0 radical (unpaired) electrons. The SMILES string of the molecule is CCCOc1cccc(O)c1-c1ncnc(-c2ccccc2O)n1. The second-order valence-corrected chi connectivity index (χ2v) is 5.15. The Morgan fingerprint density at radius 2 is 1.67 bits per heavy atom. The quantitative estimate of drug-likeness (QED) is 0.748. The monoisotopic (exact) mass is 323 g/mol. The van der Waals surface area contributed by atoms with Crippen molar-refractivity contribution < 1.29 is 14.9 Å². The van der Waals surface area contributed by atoms with Crippen LogP contribution in [-0.4, -0.2) is 31.8 Å². The molecule has 1 heterocycles. The highest BCUT2D eigenvalue weighted by molar-refractivity contribution is 5.73. The van der Waals surface area contributed by atoms with Gasteiger partial charge in [0.2, 0.25) is 0 Å². The van der Waals surface area contributed by atoms with Crippen LogP contribution < -0.4 is 4.74 Å². The van der Waals surface area contributed by atoms with Gasteiger partial charge in [-0.1, -0.05) is 25.1 Å². The largest absolute Gasteiger partial charge is 0.507 e. The number of benzene rings is 2. The van der Waals surface area contributed by atoms with Crippen LogP contribution in [0.5, 0.6) is 17.2 Å². The molecule has 0 unspecified atom stereocenters. The van der Waals surface area contributed by atoms with Crippen LogP contribution in [0.25, 0.3) is 22.8 Å². The molecule has 0 amide bonds. The molecular weight excluding hydrogens is 306 g/mol. The van der Waals surface area contributed by atoms with Crippen LogP contribution in [-0.2, 0) is 0 Å². The van der Waals surface area contributed by atoms with E-state index in [1.165, 1.54) is 6.33 Å². The van der Waals surface area contributed by atoms with E-state index in [0.29, 0.717) is 29.3 Å². The normalized spacial score (nSPS) is 10.5. The summed E-state index contributed by atoms with van der Waals surface area (Å²) in [5.41, 5.74) is 0.901. The van der Waals surface area contributed by atoms with E-state index < -0.39 is 0 Å². The molecule has 0 aliphatic rings. The number of rotatable bonds is 5. The summed E-state index contributed by atoms with van der Waals surface area (Å²) in [5.74, 6) is 1.22. The molecule has 24 heavy (non-hydrogen) atoms. The minimum absolute atomic E-state index is 0.0260. The van der Waals surface area contributed by atoms with E-state index in [2.05, 4.69) is 15.0 Å². The molecule has 3 rings (SSSR count). The van der Waals surface area contributed by atoms with Crippen molar-refractivity contribution in [2.75, 3.05) is 6.61 Å². The van der Waals surface area contributed by atoms with Gasteiger partial charge in [0, 0.05) is 0 Å². The number of hydrogen-bond acceptors (Lipinski definition) is 6. The van der Waals surface area contributed by atoms with Crippen LogP contribution in [0.1, 0.15) is 13.3 Å². The van der Waals surface area contributed by atoms with Gasteiger partial charge in [0.05, 0.1) is 12.2 Å². The predicted molar refractivity (Wildman–Crippen MR) is 89.8 cm³/mol. The Morgan fingerprint density at radius 1 is 0.917 bits per heavy atom. The maximum Gasteiger partial charge on any atom is 0.170 e. The van der Waals surface area contributed by atoms with Crippen LogP contribution in [0.3, 0.4) is 0 Å². The fourth-order valence-corrected chi connectivity index (χ4v) is 2.29. The number of phenolic OH excluding ortho intramolecular Hbond substituents is 2.